The molecule has 0 spiro atoms. The Morgan fingerprint density at radius 2 is 1.72 bits per heavy atom. The molecular weight excluding hydrogens is 366 g/mol. The van der Waals surface area contributed by atoms with E-state index in [1.54, 1.807) is 12.1 Å². The molecule has 132 valence electrons. The number of nitrogens with zero attached hydrogens (tertiary/aromatic N) is 1. The maximum absolute atomic E-state index is 12.4. The lowest BCUT2D eigenvalue weighted by atomic mass is 10.1. The summed E-state index contributed by atoms with van der Waals surface area (Å²) in [4.78, 5) is 23.5. The topological polar surface area (TPSA) is 110 Å². The number of nitrogens with two attached hydrogens (primary N) is 1. The normalized spacial score (nSPS) is 11.3. The van der Waals surface area contributed by atoms with Gasteiger partial charge < -0.3 is 11.1 Å². The summed E-state index contributed by atoms with van der Waals surface area (Å²) in [6.45, 7) is -0.432. The van der Waals surface area contributed by atoms with Gasteiger partial charge in [-0.05, 0) is 36.4 Å². The van der Waals surface area contributed by atoms with Gasteiger partial charge in [-0.3, -0.25) is 9.59 Å². The van der Waals surface area contributed by atoms with Gasteiger partial charge in [0.05, 0.1) is 22.7 Å². The van der Waals surface area contributed by atoms with Crippen molar-refractivity contribution in [1.29, 1.82) is 0 Å². The molecule has 7 nitrogen and oxygen atoms in total. The van der Waals surface area contributed by atoms with Gasteiger partial charge in [0.2, 0.25) is 15.9 Å². The van der Waals surface area contributed by atoms with Gasteiger partial charge in [-0.2, -0.15) is 4.31 Å². The first-order chi connectivity index (χ1) is 11.7. The van der Waals surface area contributed by atoms with E-state index in [4.69, 9.17) is 17.3 Å². The quantitative estimate of drug-likeness (QED) is 0.793. The SMILES string of the molecule is CN(CC(=O)Nc1ccccc1C(N)=O)S(=O)(=O)c1ccc(Cl)cc1. The van der Waals surface area contributed by atoms with Crippen molar-refractivity contribution in [3.8, 4) is 0 Å². The second kappa shape index (κ2) is 7.64. The first kappa shape index (κ1) is 18.9. The van der Waals surface area contributed by atoms with Crippen LogP contribution < -0.4 is 11.1 Å². The maximum atomic E-state index is 12.4. The van der Waals surface area contributed by atoms with E-state index in [1.165, 1.54) is 43.4 Å². The number of carbonyl (C=O) groups excluding carboxylic acids is 2. The summed E-state index contributed by atoms with van der Waals surface area (Å²) in [5, 5.41) is 2.89. The number of hydrogen-bond donors (Lipinski definition) is 2. The van der Waals surface area contributed by atoms with Crippen molar-refractivity contribution in [2.75, 3.05) is 18.9 Å². The Kier molecular flexibility index (Phi) is 5.78. The summed E-state index contributed by atoms with van der Waals surface area (Å²) < 4.78 is 25.8. The number of anilines is 1. The van der Waals surface area contributed by atoms with Gasteiger partial charge in [-0.25, -0.2) is 8.42 Å². The summed E-state index contributed by atoms with van der Waals surface area (Å²) in [6, 6.07) is 11.8. The van der Waals surface area contributed by atoms with Crippen LogP contribution in [-0.4, -0.2) is 38.1 Å². The summed E-state index contributed by atoms with van der Waals surface area (Å²) in [5.41, 5.74) is 5.60. The fourth-order valence-electron chi connectivity index (χ4n) is 2.07. The molecular formula is C16H16ClN3O4S. The van der Waals surface area contributed by atoms with Crippen LogP contribution in [0.4, 0.5) is 5.69 Å². The minimum absolute atomic E-state index is 0.0183. The van der Waals surface area contributed by atoms with E-state index in [9.17, 15) is 18.0 Å². The summed E-state index contributed by atoms with van der Waals surface area (Å²) in [5.74, 6) is -1.30. The van der Waals surface area contributed by atoms with Gasteiger partial charge in [-0.15, -0.1) is 0 Å². The van der Waals surface area contributed by atoms with Crippen molar-refractivity contribution >= 4 is 39.1 Å². The van der Waals surface area contributed by atoms with Crippen LogP contribution in [0, 0.1) is 0 Å². The van der Waals surface area contributed by atoms with E-state index in [-0.39, 0.29) is 16.1 Å². The van der Waals surface area contributed by atoms with E-state index in [2.05, 4.69) is 5.32 Å². The smallest absolute Gasteiger partial charge is 0.250 e. The number of amides is 2. The average Bonchev–Trinajstić information content (AvgIpc) is 2.55. The van der Waals surface area contributed by atoms with Crippen molar-refractivity contribution < 1.29 is 18.0 Å². The summed E-state index contributed by atoms with van der Waals surface area (Å²) >= 11 is 5.75. The average molecular weight is 382 g/mol. The third-order valence-corrected chi connectivity index (χ3v) is 5.42. The highest BCUT2D eigenvalue weighted by Crippen LogP contribution is 2.18. The molecule has 0 atom stereocenters. The largest absolute Gasteiger partial charge is 0.366 e. The van der Waals surface area contributed by atoms with Gasteiger partial charge >= 0.3 is 0 Å². The summed E-state index contributed by atoms with van der Waals surface area (Å²) in [6.07, 6.45) is 0. The van der Waals surface area contributed by atoms with Crippen LogP contribution in [0.25, 0.3) is 0 Å². The number of hydrogen-bond acceptors (Lipinski definition) is 4. The molecule has 2 amide bonds. The molecule has 0 bridgehead atoms. The first-order valence-corrected chi connectivity index (χ1v) is 8.94. The van der Waals surface area contributed by atoms with E-state index in [1.807, 2.05) is 0 Å². The molecule has 2 aromatic carbocycles. The van der Waals surface area contributed by atoms with Crippen LogP contribution in [0.3, 0.4) is 0 Å². The zero-order chi connectivity index (χ0) is 18.6. The highest BCUT2D eigenvalue weighted by atomic mass is 35.5. The summed E-state index contributed by atoms with van der Waals surface area (Å²) in [7, 11) is -2.57. The lowest BCUT2D eigenvalue weighted by Gasteiger charge is -2.17. The number of likely N-dealkylation sites (N-methyl/N-ethyl adjacent to an activating group) is 1. The first-order valence-electron chi connectivity index (χ1n) is 7.12. The Morgan fingerprint density at radius 1 is 1.12 bits per heavy atom. The molecule has 2 aromatic rings. The molecule has 9 heteroatoms. The standard InChI is InChI=1S/C16H16ClN3O4S/c1-20(25(23,24)12-8-6-11(17)7-9-12)10-15(21)19-14-5-3-2-4-13(14)16(18)22/h2-9H,10H2,1H3,(H2,18,22)(H,19,21). The van der Waals surface area contributed by atoms with Crippen LogP contribution in [0.5, 0.6) is 0 Å². The van der Waals surface area contributed by atoms with E-state index >= 15 is 0 Å². The van der Waals surface area contributed by atoms with Gasteiger partial charge in [0.1, 0.15) is 0 Å². The molecule has 25 heavy (non-hydrogen) atoms. The fraction of sp³-hybridized carbons (Fsp3) is 0.125. The molecule has 0 aliphatic carbocycles. The fourth-order valence-corrected chi connectivity index (χ4v) is 3.32. The molecule has 0 unspecified atom stereocenters. The van der Waals surface area contributed by atoms with E-state index in [0.29, 0.717) is 5.02 Å². The predicted octanol–water partition coefficient (Wildman–Crippen LogP) is 1.70. The predicted molar refractivity (Wildman–Crippen MR) is 94.9 cm³/mol. The van der Waals surface area contributed by atoms with Crippen LogP contribution >= 0.6 is 11.6 Å². The molecule has 0 aliphatic rings. The van der Waals surface area contributed by atoms with E-state index < -0.39 is 28.4 Å². The lowest BCUT2D eigenvalue weighted by molar-refractivity contribution is -0.116. The van der Waals surface area contributed by atoms with Gasteiger partial charge in [0, 0.05) is 12.1 Å². The monoisotopic (exact) mass is 381 g/mol. The number of primary amides is 1. The third-order valence-electron chi connectivity index (χ3n) is 3.35. The highest BCUT2D eigenvalue weighted by molar-refractivity contribution is 7.89. The molecule has 0 aromatic heterocycles. The minimum Gasteiger partial charge on any atom is -0.366 e. The number of para-hydroxylation sites is 1. The molecule has 3 N–H and O–H groups in total. The number of halogens is 1. The Morgan fingerprint density at radius 3 is 2.32 bits per heavy atom. The zero-order valence-corrected chi connectivity index (χ0v) is 14.8. The lowest BCUT2D eigenvalue weighted by Crippen LogP contribution is -2.35. The minimum atomic E-state index is -3.85. The number of sulfonamides is 1. The van der Waals surface area contributed by atoms with Crippen LogP contribution in [-0.2, 0) is 14.8 Å². The van der Waals surface area contributed by atoms with Crippen LogP contribution in [0.15, 0.2) is 53.4 Å². The molecule has 0 radical (unpaired) electrons. The zero-order valence-electron chi connectivity index (χ0n) is 13.3. The van der Waals surface area contributed by atoms with Crippen molar-refractivity contribution in [2.45, 2.75) is 4.90 Å². The molecule has 0 aliphatic heterocycles. The molecule has 0 saturated heterocycles. The molecule has 2 rings (SSSR count). The Balaban J connectivity index is 2.12. The molecule has 0 saturated carbocycles. The van der Waals surface area contributed by atoms with Crippen molar-refractivity contribution in [3.63, 3.8) is 0 Å². The second-order valence-electron chi connectivity index (χ2n) is 5.17. The second-order valence-corrected chi connectivity index (χ2v) is 7.65. The van der Waals surface area contributed by atoms with Gasteiger partial charge in [0.15, 0.2) is 0 Å². The number of benzene rings is 2. The van der Waals surface area contributed by atoms with Crippen LogP contribution in [0.1, 0.15) is 10.4 Å². The van der Waals surface area contributed by atoms with Gasteiger partial charge in [0.25, 0.3) is 5.91 Å². The molecule has 0 fully saturated rings. The highest BCUT2D eigenvalue weighted by Gasteiger charge is 2.23. The maximum Gasteiger partial charge on any atom is 0.250 e. The van der Waals surface area contributed by atoms with Gasteiger partial charge in [-0.1, -0.05) is 23.7 Å². The Bertz CT molecular complexity index is 898. The van der Waals surface area contributed by atoms with Crippen LogP contribution in [0.2, 0.25) is 5.02 Å². The molecule has 0 heterocycles. The van der Waals surface area contributed by atoms with Crippen molar-refractivity contribution in [3.05, 3.63) is 59.1 Å². The van der Waals surface area contributed by atoms with E-state index in [0.717, 1.165) is 4.31 Å². The number of nitrogens with one attached hydrogen (secondary N) is 1. The Labute approximate surface area is 150 Å². The Hall–Kier alpha value is -2.42. The van der Waals surface area contributed by atoms with Crippen molar-refractivity contribution in [1.82, 2.24) is 4.31 Å². The van der Waals surface area contributed by atoms with Crippen molar-refractivity contribution in [2.24, 2.45) is 5.73 Å². The number of carbonyl (C=O) groups is 2. The third kappa shape index (κ3) is 4.56. The number of rotatable bonds is 6.